The van der Waals surface area contributed by atoms with Gasteiger partial charge < -0.3 is 16.0 Å². The average Bonchev–Trinajstić information content (AvgIpc) is 2.51. The summed E-state index contributed by atoms with van der Waals surface area (Å²) in [5, 5.41) is 9.40. The number of amides is 1. The topological polar surface area (TPSA) is 65.5 Å². The lowest BCUT2D eigenvalue weighted by Gasteiger charge is -2.23. The maximum atomic E-state index is 11.9. The van der Waals surface area contributed by atoms with Crippen LogP contribution in [0.5, 0.6) is 0 Å². The van der Waals surface area contributed by atoms with Crippen molar-refractivity contribution in [3.8, 4) is 0 Å². The van der Waals surface area contributed by atoms with E-state index in [2.05, 4.69) is 27.2 Å². The standard InChI is InChI=1S/C15H30N4OS/c1-16-15(17-10-6-7-11-21-2)18-12-14(20)19-13-8-4-3-5-9-13/h13H,3-12H2,1-2H3,(H,19,20)(H2,16,17,18). The molecule has 0 aromatic rings. The zero-order valence-electron chi connectivity index (χ0n) is 13.4. The van der Waals surface area contributed by atoms with E-state index in [1.54, 1.807) is 7.05 Å². The van der Waals surface area contributed by atoms with Crippen molar-refractivity contribution in [2.45, 2.75) is 51.0 Å². The van der Waals surface area contributed by atoms with Crippen molar-refractivity contribution in [2.24, 2.45) is 4.99 Å². The summed E-state index contributed by atoms with van der Waals surface area (Å²) < 4.78 is 0. The summed E-state index contributed by atoms with van der Waals surface area (Å²) >= 11 is 1.87. The van der Waals surface area contributed by atoms with Gasteiger partial charge in [0.1, 0.15) is 0 Å². The average molecular weight is 314 g/mol. The SMILES string of the molecule is CN=C(NCCCCSC)NCC(=O)NC1CCCCC1. The van der Waals surface area contributed by atoms with Crippen LogP contribution in [-0.2, 0) is 4.79 Å². The van der Waals surface area contributed by atoms with Crippen LogP contribution in [0.25, 0.3) is 0 Å². The first kappa shape index (κ1) is 18.1. The Morgan fingerprint density at radius 1 is 1.19 bits per heavy atom. The molecule has 1 aliphatic rings. The molecule has 3 N–H and O–H groups in total. The molecule has 6 heteroatoms. The van der Waals surface area contributed by atoms with E-state index in [1.807, 2.05) is 11.8 Å². The predicted molar refractivity (Wildman–Crippen MR) is 92.0 cm³/mol. The minimum absolute atomic E-state index is 0.0623. The number of hydrogen-bond acceptors (Lipinski definition) is 3. The highest BCUT2D eigenvalue weighted by Gasteiger charge is 2.15. The Labute approximate surface area is 133 Å². The fourth-order valence-electron chi connectivity index (χ4n) is 2.49. The summed E-state index contributed by atoms with van der Waals surface area (Å²) in [6.07, 6.45) is 10.5. The Morgan fingerprint density at radius 3 is 2.62 bits per heavy atom. The first-order chi connectivity index (χ1) is 10.3. The van der Waals surface area contributed by atoms with Gasteiger partial charge in [0.2, 0.25) is 5.91 Å². The lowest BCUT2D eigenvalue weighted by Crippen LogP contribution is -2.46. The lowest BCUT2D eigenvalue weighted by molar-refractivity contribution is -0.120. The van der Waals surface area contributed by atoms with E-state index < -0.39 is 0 Å². The Balaban J connectivity index is 2.11. The van der Waals surface area contributed by atoms with Gasteiger partial charge in [0.25, 0.3) is 0 Å². The normalized spacial score (nSPS) is 16.6. The smallest absolute Gasteiger partial charge is 0.239 e. The van der Waals surface area contributed by atoms with Gasteiger partial charge >= 0.3 is 0 Å². The number of thioether (sulfide) groups is 1. The van der Waals surface area contributed by atoms with Crippen LogP contribution < -0.4 is 16.0 Å². The van der Waals surface area contributed by atoms with E-state index in [0.29, 0.717) is 18.5 Å². The molecule has 0 radical (unpaired) electrons. The quantitative estimate of drug-likeness (QED) is 0.363. The van der Waals surface area contributed by atoms with Gasteiger partial charge in [-0.25, -0.2) is 0 Å². The third kappa shape index (κ3) is 8.86. The van der Waals surface area contributed by atoms with Gasteiger partial charge in [-0.1, -0.05) is 19.3 Å². The van der Waals surface area contributed by atoms with Gasteiger partial charge in [-0.05, 0) is 37.7 Å². The minimum atomic E-state index is 0.0623. The molecule has 0 unspecified atom stereocenters. The van der Waals surface area contributed by atoms with Crippen LogP contribution in [0.15, 0.2) is 4.99 Å². The molecule has 0 heterocycles. The molecule has 5 nitrogen and oxygen atoms in total. The van der Waals surface area contributed by atoms with Gasteiger partial charge in [0, 0.05) is 19.6 Å². The van der Waals surface area contributed by atoms with Crippen LogP contribution in [0.3, 0.4) is 0 Å². The van der Waals surface area contributed by atoms with Crippen LogP contribution in [0.1, 0.15) is 44.9 Å². The predicted octanol–water partition coefficient (Wildman–Crippen LogP) is 1.74. The molecule has 1 amide bonds. The number of hydrogen-bond donors (Lipinski definition) is 3. The minimum Gasteiger partial charge on any atom is -0.356 e. The van der Waals surface area contributed by atoms with Gasteiger partial charge in [-0.3, -0.25) is 9.79 Å². The van der Waals surface area contributed by atoms with E-state index in [1.165, 1.54) is 31.4 Å². The Bertz CT molecular complexity index is 317. The van der Waals surface area contributed by atoms with Gasteiger partial charge in [-0.2, -0.15) is 11.8 Å². The summed E-state index contributed by atoms with van der Waals surface area (Å²) in [5.41, 5.74) is 0. The number of nitrogens with zero attached hydrogens (tertiary/aromatic N) is 1. The largest absolute Gasteiger partial charge is 0.356 e. The maximum absolute atomic E-state index is 11.9. The van der Waals surface area contributed by atoms with Gasteiger partial charge in [-0.15, -0.1) is 0 Å². The highest BCUT2D eigenvalue weighted by molar-refractivity contribution is 7.98. The summed E-state index contributed by atoms with van der Waals surface area (Å²) in [6.45, 7) is 1.19. The third-order valence-corrected chi connectivity index (χ3v) is 4.37. The zero-order valence-corrected chi connectivity index (χ0v) is 14.2. The molecule has 0 aromatic carbocycles. The van der Waals surface area contributed by atoms with Crippen LogP contribution in [0.4, 0.5) is 0 Å². The second-order valence-corrected chi connectivity index (χ2v) is 6.44. The molecule has 0 aromatic heterocycles. The maximum Gasteiger partial charge on any atom is 0.239 e. The van der Waals surface area contributed by atoms with Gasteiger partial charge in [0.05, 0.1) is 6.54 Å². The van der Waals surface area contributed by atoms with Crippen molar-refractivity contribution in [1.29, 1.82) is 0 Å². The molecule has 0 saturated heterocycles. The van der Waals surface area contributed by atoms with E-state index in [9.17, 15) is 4.79 Å². The number of unbranched alkanes of at least 4 members (excludes halogenated alkanes) is 1. The Hall–Kier alpha value is -0.910. The molecule has 1 aliphatic carbocycles. The Kier molecular flexibility index (Phi) is 10.1. The molecule has 1 fully saturated rings. The van der Waals surface area contributed by atoms with Crippen molar-refractivity contribution >= 4 is 23.6 Å². The van der Waals surface area contributed by atoms with Crippen LogP contribution in [0.2, 0.25) is 0 Å². The number of aliphatic imine (C=N–C) groups is 1. The van der Waals surface area contributed by atoms with Crippen molar-refractivity contribution < 1.29 is 4.79 Å². The monoisotopic (exact) mass is 314 g/mol. The van der Waals surface area contributed by atoms with Crippen LogP contribution >= 0.6 is 11.8 Å². The summed E-state index contributed by atoms with van der Waals surface area (Å²) in [6, 6.07) is 0.370. The van der Waals surface area contributed by atoms with E-state index >= 15 is 0 Å². The van der Waals surface area contributed by atoms with E-state index in [-0.39, 0.29) is 5.91 Å². The summed E-state index contributed by atoms with van der Waals surface area (Å²) in [7, 11) is 1.73. The molecule has 21 heavy (non-hydrogen) atoms. The Morgan fingerprint density at radius 2 is 1.95 bits per heavy atom. The molecule has 0 bridgehead atoms. The molecule has 0 aliphatic heterocycles. The fraction of sp³-hybridized carbons (Fsp3) is 0.867. The first-order valence-electron chi connectivity index (χ1n) is 7.99. The number of nitrogens with one attached hydrogen (secondary N) is 3. The van der Waals surface area contributed by atoms with E-state index in [4.69, 9.17) is 0 Å². The molecule has 1 rings (SSSR count). The number of carbonyl (C=O) groups excluding carboxylic acids is 1. The number of rotatable bonds is 8. The molecule has 122 valence electrons. The second-order valence-electron chi connectivity index (χ2n) is 5.45. The number of carbonyl (C=O) groups is 1. The second kappa shape index (κ2) is 11.7. The number of guanidine groups is 1. The molecular weight excluding hydrogens is 284 g/mol. The van der Waals surface area contributed by atoms with Crippen LogP contribution in [-0.4, -0.2) is 50.1 Å². The highest BCUT2D eigenvalue weighted by Crippen LogP contribution is 2.16. The highest BCUT2D eigenvalue weighted by atomic mass is 32.2. The van der Waals surface area contributed by atoms with Crippen molar-refractivity contribution in [3.63, 3.8) is 0 Å². The lowest BCUT2D eigenvalue weighted by atomic mass is 9.95. The van der Waals surface area contributed by atoms with Gasteiger partial charge in [0.15, 0.2) is 5.96 Å². The summed E-state index contributed by atoms with van der Waals surface area (Å²) in [4.78, 5) is 16.0. The van der Waals surface area contributed by atoms with Crippen molar-refractivity contribution in [3.05, 3.63) is 0 Å². The fourth-order valence-corrected chi connectivity index (χ4v) is 2.98. The van der Waals surface area contributed by atoms with Crippen molar-refractivity contribution in [2.75, 3.05) is 32.1 Å². The molecular formula is C15H30N4OS. The zero-order chi connectivity index (χ0) is 15.3. The molecule has 0 spiro atoms. The van der Waals surface area contributed by atoms with Crippen molar-refractivity contribution in [1.82, 2.24) is 16.0 Å². The van der Waals surface area contributed by atoms with E-state index in [0.717, 1.165) is 25.8 Å². The van der Waals surface area contributed by atoms with Crippen LogP contribution in [0, 0.1) is 0 Å². The molecule has 1 saturated carbocycles. The molecule has 0 atom stereocenters. The first-order valence-corrected chi connectivity index (χ1v) is 9.38. The summed E-state index contributed by atoms with van der Waals surface area (Å²) in [5.74, 6) is 1.96. The third-order valence-electron chi connectivity index (χ3n) is 3.68.